The van der Waals surface area contributed by atoms with Gasteiger partial charge in [0.2, 0.25) is 0 Å². The molecule has 1 amide bonds. The molecule has 0 N–H and O–H groups in total. The molecule has 1 heterocycles. The minimum Gasteiger partial charge on any atom is -0.497 e. The van der Waals surface area contributed by atoms with Crippen LogP contribution in [0.15, 0.2) is 76.1 Å². The molecule has 0 spiro atoms. The number of hydrogen-bond donors (Lipinski definition) is 0. The summed E-state index contributed by atoms with van der Waals surface area (Å²) in [5.41, 5.74) is 2.69. The predicted octanol–water partition coefficient (Wildman–Crippen LogP) is 6.58. The Morgan fingerprint density at radius 1 is 1.06 bits per heavy atom. The van der Waals surface area contributed by atoms with E-state index in [4.69, 9.17) is 21.7 Å². The van der Waals surface area contributed by atoms with Crippen LogP contribution in [0.25, 0.3) is 6.08 Å². The number of ether oxygens (including phenoxy) is 2. The summed E-state index contributed by atoms with van der Waals surface area (Å²) in [6.45, 7) is 0.730. The zero-order chi connectivity index (χ0) is 23.4. The highest BCUT2D eigenvalue weighted by Crippen LogP contribution is 2.35. The fourth-order valence-corrected chi connectivity index (χ4v) is 4.93. The van der Waals surface area contributed by atoms with Gasteiger partial charge < -0.3 is 9.47 Å². The SMILES string of the molecule is COc1ccc(CN2C(=O)/C(=C/c3ccc(OCc4ccc(F)cc4)c(Br)c3)SC2=S)cc1. The molecule has 168 valence electrons. The molecule has 4 rings (SSSR count). The molecule has 0 atom stereocenters. The van der Waals surface area contributed by atoms with Crippen LogP contribution < -0.4 is 9.47 Å². The molecule has 8 heteroatoms. The molecule has 1 saturated heterocycles. The molecule has 1 fully saturated rings. The van der Waals surface area contributed by atoms with Crippen LogP contribution >= 0.6 is 39.9 Å². The van der Waals surface area contributed by atoms with E-state index < -0.39 is 0 Å². The molecule has 1 aliphatic heterocycles. The number of benzene rings is 3. The zero-order valence-electron chi connectivity index (χ0n) is 17.6. The van der Waals surface area contributed by atoms with Gasteiger partial charge in [-0.3, -0.25) is 9.69 Å². The lowest BCUT2D eigenvalue weighted by Gasteiger charge is -2.14. The van der Waals surface area contributed by atoms with E-state index in [1.165, 1.54) is 23.9 Å². The van der Waals surface area contributed by atoms with Crippen molar-refractivity contribution in [2.24, 2.45) is 0 Å². The van der Waals surface area contributed by atoms with Crippen LogP contribution in [0.2, 0.25) is 0 Å². The molecule has 0 radical (unpaired) electrons. The summed E-state index contributed by atoms with van der Waals surface area (Å²) < 4.78 is 25.3. The van der Waals surface area contributed by atoms with Crippen LogP contribution in [0.1, 0.15) is 16.7 Å². The van der Waals surface area contributed by atoms with Gasteiger partial charge in [-0.2, -0.15) is 0 Å². The smallest absolute Gasteiger partial charge is 0.266 e. The van der Waals surface area contributed by atoms with E-state index in [1.54, 1.807) is 24.1 Å². The second-order valence-corrected chi connectivity index (χ2v) is 9.75. The van der Waals surface area contributed by atoms with Crippen LogP contribution in [0, 0.1) is 5.82 Å². The van der Waals surface area contributed by atoms with Crippen molar-refractivity contribution in [2.45, 2.75) is 13.2 Å². The molecule has 0 aromatic heterocycles. The molecular weight excluding hydrogens is 525 g/mol. The first-order valence-corrected chi connectivity index (χ1v) is 12.0. The Balaban J connectivity index is 1.43. The third-order valence-electron chi connectivity index (χ3n) is 4.93. The van der Waals surface area contributed by atoms with E-state index in [-0.39, 0.29) is 11.7 Å². The monoisotopic (exact) mass is 543 g/mol. The van der Waals surface area contributed by atoms with Gasteiger partial charge in [-0.15, -0.1) is 0 Å². The molecule has 3 aromatic carbocycles. The summed E-state index contributed by atoms with van der Waals surface area (Å²) in [6, 6.07) is 19.3. The van der Waals surface area contributed by atoms with Crippen LogP contribution in [0.3, 0.4) is 0 Å². The van der Waals surface area contributed by atoms with Crippen LogP contribution in [0.5, 0.6) is 11.5 Å². The van der Waals surface area contributed by atoms with Gasteiger partial charge in [-0.25, -0.2) is 4.39 Å². The van der Waals surface area contributed by atoms with Gasteiger partial charge in [0.05, 0.1) is 23.0 Å². The van der Waals surface area contributed by atoms with Gasteiger partial charge in [0, 0.05) is 0 Å². The first-order chi connectivity index (χ1) is 15.9. The number of hydrogen-bond acceptors (Lipinski definition) is 5. The Bertz CT molecular complexity index is 1210. The maximum absolute atomic E-state index is 13.0. The number of amides is 1. The molecule has 1 aliphatic rings. The zero-order valence-corrected chi connectivity index (χ0v) is 20.8. The fraction of sp³-hybridized carbons (Fsp3) is 0.120. The fourth-order valence-electron chi connectivity index (χ4n) is 3.17. The van der Waals surface area contributed by atoms with Crippen molar-refractivity contribution in [2.75, 3.05) is 7.11 Å². The van der Waals surface area contributed by atoms with Crippen LogP contribution in [-0.4, -0.2) is 22.2 Å². The first-order valence-electron chi connectivity index (χ1n) is 9.98. The number of carbonyl (C=O) groups is 1. The second-order valence-electron chi connectivity index (χ2n) is 7.22. The highest BCUT2D eigenvalue weighted by atomic mass is 79.9. The van der Waals surface area contributed by atoms with Gasteiger partial charge in [-0.1, -0.05) is 54.3 Å². The largest absolute Gasteiger partial charge is 0.497 e. The average molecular weight is 544 g/mol. The van der Waals surface area contributed by atoms with Crippen molar-refractivity contribution in [3.8, 4) is 11.5 Å². The normalized spacial score (nSPS) is 14.8. The molecule has 3 aromatic rings. The number of thiocarbonyl (C=S) groups is 1. The minimum atomic E-state index is -0.279. The molecule has 0 bridgehead atoms. The first kappa shape index (κ1) is 23.5. The summed E-state index contributed by atoms with van der Waals surface area (Å²) in [7, 11) is 1.62. The van der Waals surface area contributed by atoms with E-state index in [1.807, 2.05) is 48.5 Å². The Labute approximate surface area is 209 Å². The maximum atomic E-state index is 13.0. The summed E-state index contributed by atoms with van der Waals surface area (Å²) in [4.78, 5) is 15.1. The summed E-state index contributed by atoms with van der Waals surface area (Å²) in [5, 5.41) is 0. The number of rotatable bonds is 7. The highest BCUT2D eigenvalue weighted by Gasteiger charge is 2.32. The maximum Gasteiger partial charge on any atom is 0.266 e. The summed E-state index contributed by atoms with van der Waals surface area (Å²) in [6.07, 6.45) is 1.82. The van der Waals surface area contributed by atoms with E-state index in [0.29, 0.717) is 28.1 Å². The standard InChI is InChI=1S/C25H19BrFNO3S2/c1-30-20-9-4-16(5-10-20)14-28-24(29)23(33-25(28)32)13-18-6-11-22(21(26)12-18)31-15-17-2-7-19(27)8-3-17/h2-13H,14-15H2,1H3/b23-13-. The van der Waals surface area contributed by atoms with Crippen molar-refractivity contribution in [3.05, 3.63) is 98.6 Å². The Hall–Kier alpha value is -2.68. The summed E-state index contributed by atoms with van der Waals surface area (Å²) >= 11 is 10.3. The average Bonchev–Trinajstić information content (AvgIpc) is 3.07. The number of thioether (sulfide) groups is 1. The Morgan fingerprint density at radius 3 is 2.42 bits per heavy atom. The molecular formula is C25H19BrFNO3S2. The lowest BCUT2D eigenvalue weighted by Crippen LogP contribution is -2.27. The molecule has 0 saturated carbocycles. The second kappa shape index (κ2) is 10.5. The number of nitrogens with zero attached hydrogens (tertiary/aromatic N) is 1. The topological polar surface area (TPSA) is 38.8 Å². The van der Waals surface area contributed by atoms with Gasteiger partial charge in [0.1, 0.15) is 28.2 Å². The molecule has 0 aliphatic carbocycles. The number of halogens is 2. The third-order valence-corrected chi connectivity index (χ3v) is 6.93. The van der Waals surface area contributed by atoms with E-state index >= 15 is 0 Å². The van der Waals surface area contributed by atoms with E-state index in [0.717, 1.165) is 26.9 Å². The lowest BCUT2D eigenvalue weighted by molar-refractivity contribution is -0.122. The van der Waals surface area contributed by atoms with Gasteiger partial charge in [0.15, 0.2) is 0 Å². The van der Waals surface area contributed by atoms with Crippen molar-refractivity contribution >= 4 is 56.2 Å². The molecule has 4 nitrogen and oxygen atoms in total. The quantitative estimate of drug-likeness (QED) is 0.248. The number of methoxy groups -OCH3 is 1. The Morgan fingerprint density at radius 2 is 1.76 bits per heavy atom. The van der Waals surface area contributed by atoms with Crippen molar-refractivity contribution in [1.82, 2.24) is 4.90 Å². The third kappa shape index (κ3) is 5.82. The van der Waals surface area contributed by atoms with Crippen molar-refractivity contribution in [3.63, 3.8) is 0 Å². The van der Waals surface area contributed by atoms with Crippen LogP contribution in [0.4, 0.5) is 4.39 Å². The van der Waals surface area contributed by atoms with Gasteiger partial charge >= 0.3 is 0 Å². The van der Waals surface area contributed by atoms with Crippen molar-refractivity contribution in [1.29, 1.82) is 0 Å². The number of carbonyl (C=O) groups excluding carboxylic acids is 1. The lowest BCUT2D eigenvalue weighted by atomic mass is 10.2. The van der Waals surface area contributed by atoms with E-state index in [9.17, 15) is 9.18 Å². The molecule has 33 heavy (non-hydrogen) atoms. The van der Waals surface area contributed by atoms with Crippen LogP contribution in [-0.2, 0) is 17.9 Å². The Kier molecular flexibility index (Phi) is 7.47. The molecule has 0 unspecified atom stereocenters. The van der Waals surface area contributed by atoms with Gasteiger partial charge in [-0.05, 0) is 75.1 Å². The van der Waals surface area contributed by atoms with Crippen molar-refractivity contribution < 1.29 is 18.7 Å². The minimum absolute atomic E-state index is 0.117. The van der Waals surface area contributed by atoms with Gasteiger partial charge in [0.25, 0.3) is 5.91 Å². The van der Waals surface area contributed by atoms with E-state index in [2.05, 4.69) is 15.9 Å². The highest BCUT2D eigenvalue weighted by molar-refractivity contribution is 9.10. The predicted molar refractivity (Wildman–Crippen MR) is 137 cm³/mol. The summed E-state index contributed by atoms with van der Waals surface area (Å²) in [5.74, 6) is 1.02.